The van der Waals surface area contributed by atoms with E-state index in [1.165, 1.54) is 6.21 Å². The Labute approximate surface area is 158 Å². The van der Waals surface area contributed by atoms with E-state index in [1.54, 1.807) is 11.8 Å². The van der Waals surface area contributed by atoms with Gasteiger partial charge >= 0.3 is 0 Å². The van der Waals surface area contributed by atoms with Crippen molar-refractivity contribution in [3.05, 3.63) is 40.7 Å². The lowest BCUT2D eigenvalue weighted by atomic mass is 10.2. The topological polar surface area (TPSA) is 80.5 Å². The van der Waals surface area contributed by atoms with E-state index < -0.39 is 0 Å². The highest BCUT2D eigenvalue weighted by Gasteiger charge is 2.12. The zero-order valence-corrected chi connectivity index (χ0v) is 16.2. The first-order chi connectivity index (χ1) is 12.4. The summed E-state index contributed by atoms with van der Waals surface area (Å²) in [5.74, 6) is 0.816. The number of nitrogens with zero attached hydrogens (tertiary/aromatic N) is 3. The summed E-state index contributed by atoms with van der Waals surface area (Å²) in [7, 11) is 1.58. The molecule has 1 amide bonds. The van der Waals surface area contributed by atoms with Crippen molar-refractivity contribution >= 4 is 29.4 Å². The molecule has 140 valence electrons. The molecular weight excluding hydrogens is 354 g/mol. The number of halogens is 1. The Bertz CT molecular complexity index is 786. The zero-order chi connectivity index (χ0) is 19.1. The molecule has 8 heteroatoms. The van der Waals surface area contributed by atoms with Crippen LogP contribution in [0.25, 0.3) is 0 Å². The van der Waals surface area contributed by atoms with Gasteiger partial charge in [-0.05, 0) is 25.0 Å². The van der Waals surface area contributed by atoms with Gasteiger partial charge in [-0.2, -0.15) is 10.2 Å². The molecule has 0 fully saturated rings. The number of aromatic nitrogens is 2. The SMILES string of the molecule is COc1ccccc1NCC(=O)N/N=C\c1c(C)nn(CC(C)C)c1Cl. The lowest BCUT2D eigenvalue weighted by molar-refractivity contribution is -0.119. The molecule has 0 atom stereocenters. The lowest BCUT2D eigenvalue weighted by Crippen LogP contribution is -2.26. The number of ether oxygens (including phenoxy) is 1. The Kier molecular flexibility index (Phi) is 7.03. The van der Waals surface area contributed by atoms with Crippen LogP contribution in [0.2, 0.25) is 5.15 Å². The van der Waals surface area contributed by atoms with Gasteiger partial charge in [0.2, 0.25) is 0 Å². The summed E-state index contributed by atoms with van der Waals surface area (Å²) in [6, 6.07) is 7.38. The molecule has 1 aromatic carbocycles. The molecule has 2 rings (SSSR count). The average molecular weight is 378 g/mol. The minimum atomic E-state index is -0.282. The van der Waals surface area contributed by atoms with E-state index in [2.05, 4.69) is 34.8 Å². The summed E-state index contributed by atoms with van der Waals surface area (Å²) >= 11 is 6.33. The highest BCUT2D eigenvalue weighted by Crippen LogP contribution is 2.22. The first kappa shape index (κ1) is 19.8. The van der Waals surface area contributed by atoms with Gasteiger partial charge in [0, 0.05) is 6.54 Å². The summed E-state index contributed by atoms with van der Waals surface area (Å²) in [5.41, 5.74) is 4.68. The van der Waals surface area contributed by atoms with Crippen LogP contribution in [0.5, 0.6) is 5.75 Å². The fourth-order valence-electron chi connectivity index (χ4n) is 2.36. The number of rotatable bonds is 8. The van der Waals surface area contributed by atoms with E-state index in [4.69, 9.17) is 16.3 Å². The van der Waals surface area contributed by atoms with E-state index in [-0.39, 0.29) is 12.5 Å². The van der Waals surface area contributed by atoms with Crippen molar-refractivity contribution in [2.24, 2.45) is 11.0 Å². The van der Waals surface area contributed by atoms with Crippen molar-refractivity contribution in [1.82, 2.24) is 15.2 Å². The summed E-state index contributed by atoms with van der Waals surface area (Å²) in [6.07, 6.45) is 1.52. The van der Waals surface area contributed by atoms with Crippen LogP contribution in [-0.4, -0.2) is 35.6 Å². The van der Waals surface area contributed by atoms with Crippen LogP contribution < -0.4 is 15.5 Å². The van der Waals surface area contributed by atoms with Crippen molar-refractivity contribution in [2.75, 3.05) is 19.0 Å². The molecule has 0 aliphatic carbocycles. The number of hydrogen-bond acceptors (Lipinski definition) is 5. The van der Waals surface area contributed by atoms with Crippen LogP contribution in [0.1, 0.15) is 25.1 Å². The molecule has 26 heavy (non-hydrogen) atoms. The summed E-state index contributed by atoms with van der Waals surface area (Å²) < 4.78 is 6.97. The van der Waals surface area contributed by atoms with Gasteiger partial charge in [0.25, 0.3) is 5.91 Å². The van der Waals surface area contributed by atoms with Crippen molar-refractivity contribution in [1.29, 1.82) is 0 Å². The fourth-order valence-corrected chi connectivity index (χ4v) is 2.65. The Morgan fingerprint density at radius 1 is 1.42 bits per heavy atom. The quantitative estimate of drug-likeness (QED) is 0.547. The average Bonchev–Trinajstić information content (AvgIpc) is 2.86. The standard InChI is InChI=1S/C18H24ClN5O2/c1-12(2)11-24-18(19)14(13(3)23-24)9-21-22-17(25)10-20-15-7-5-6-8-16(15)26-4/h5-9,12,20H,10-11H2,1-4H3,(H,22,25)/b21-9-. The van der Waals surface area contributed by atoms with Crippen LogP contribution in [-0.2, 0) is 11.3 Å². The number of hydrogen-bond donors (Lipinski definition) is 2. The van der Waals surface area contributed by atoms with Gasteiger partial charge < -0.3 is 10.1 Å². The molecule has 0 radical (unpaired) electrons. The van der Waals surface area contributed by atoms with Crippen molar-refractivity contribution in [3.63, 3.8) is 0 Å². The van der Waals surface area contributed by atoms with Gasteiger partial charge in [-0.1, -0.05) is 37.6 Å². The zero-order valence-electron chi connectivity index (χ0n) is 15.4. The predicted octanol–water partition coefficient (Wildman–Crippen LogP) is 3.07. The monoisotopic (exact) mass is 377 g/mol. The third-order valence-corrected chi connectivity index (χ3v) is 3.98. The fraction of sp³-hybridized carbons (Fsp3) is 0.389. The normalized spacial score (nSPS) is 11.2. The van der Waals surface area contributed by atoms with E-state index in [1.807, 2.05) is 31.2 Å². The van der Waals surface area contributed by atoms with Gasteiger partial charge in [-0.25, -0.2) is 5.43 Å². The van der Waals surface area contributed by atoms with E-state index in [0.717, 1.165) is 17.9 Å². The van der Waals surface area contributed by atoms with Gasteiger partial charge in [0.1, 0.15) is 10.9 Å². The number of amides is 1. The number of carbonyl (C=O) groups is 1. The molecule has 0 unspecified atom stereocenters. The van der Waals surface area contributed by atoms with Gasteiger partial charge in [-0.15, -0.1) is 0 Å². The highest BCUT2D eigenvalue weighted by atomic mass is 35.5. The second kappa shape index (κ2) is 9.24. The maximum atomic E-state index is 11.9. The molecule has 7 nitrogen and oxygen atoms in total. The van der Waals surface area contributed by atoms with Crippen LogP contribution in [0.3, 0.4) is 0 Å². The van der Waals surface area contributed by atoms with Crippen LogP contribution in [0.4, 0.5) is 5.69 Å². The van der Waals surface area contributed by atoms with E-state index in [0.29, 0.717) is 22.4 Å². The number of para-hydroxylation sites is 2. The Morgan fingerprint density at radius 3 is 2.85 bits per heavy atom. The summed E-state index contributed by atoms with van der Waals surface area (Å²) in [6.45, 7) is 6.83. The van der Waals surface area contributed by atoms with E-state index in [9.17, 15) is 4.79 Å². The maximum Gasteiger partial charge on any atom is 0.259 e. The van der Waals surface area contributed by atoms with Crippen LogP contribution in [0.15, 0.2) is 29.4 Å². The number of methoxy groups -OCH3 is 1. The third-order valence-electron chi connectivity index (χ3n) is 3.58. The lowest BCUT2D eigenvalue weighted by Gasteiger charge is -2.09. The maximum absolute atomic E-state index is 11.9. The minimum Gasteiger partial charge on any atom is -0.495 e. The smallest absolute Gasteiger partial charge is 0.259 e. The van der Waals surface area contributed by atoms with Crippen molar-refractivity contribution in [3.8, 4) is 5.75 Å². The minimum absolute atomic E-state index is 0.0665. The number of aryl methyl sites for hydroxylation is 1. The van der Waals surface area contributed by atoms with Crippen LogP contribution >= 0.6 is 11.6 Å². The first-order valence-corrected chi connectivity index (χ1v) is 8.71. The molecule has 0 bridgehead atoms. The molecule has 1 heterocycles. The van der Waals surface area contributed by atoms with Gasteiger partial charge in [-0.3, -0.25) is 9.48 Å². The summed E-state index contributed by atoms with van der Waals surface area (Å²) in [5, 5.41) is 11.9. The van der Waals surface area contributed by atoms with Crippen molar-refractivity contribution < 1.29 is 9.53 Å². The second-order valence-electron chi connectivity index (χ2n) is 6.21. The van der Waals surface area contributed by atoms with Gasteiger partial charge in [0.05, 0.1) is 36.8 Å². The molecule has 0 aliphatic heterocycles. The molecule has 1 aromatic heterocycles. The molecular formula is C18H24ClN5O2. The number of hydrazone groups is 1. The second-order valence-corrected chi connectivity index (χ2v) is 6.57. The first-order valence-electron chi connectivity index (χ1n) is 8.34. The molecule has 0 spiro atoms. The molecule has 0 aliphatic rings. The largest absolute Gasteiger partial charge is 0.495 e. The van der Waals surface area contributed by atoms with E-state index >= 15 is 0 Å². The van der Waals surface area contributed by atoms with Gasteiger partial charge in [0.15, 0.2) is 0 Å². The van der Waals surface area contributed by atoms with Crippen LogP contribution in [0, 0.1) is 12.8 Å². The molecule has 2 aromatic rings. The molecule has 2 N–H and O–H groups in total. The Hall–Kier alpha value is -2.54. The molecule has 0 saturated heterocycles. The number of benzene rings is 1. The number of anilines is 1. The number of carbonyl (C=O) groups excluding carboxylic acids is 1. The summed E-state index contributed by atoms with van der Waals surface area (Å²) in [4.78, 5) is 11.9. The molecule has 0 saturated carbocycles. The highest BCUT2D eigenvalue weighted by molar-refractivity contribution is 6.32. The Balaban J connectivity index is 1.92. The number of nitrogens with one attached hydrogen (secondary N) is 2. The third kappa shape index (κ3) is 5.23. The van der Waals surface area contributed by atoms with Crippen molar-refractivity contribution in [2.45, 2.75) is 27.3 Å². The Morgan fingerprint density at radius 2 is 2.15 bits per heavy atom. The predicted molar refractivity (Wildman–Crippen MR) is 104 cm³/mol.